The maximum absolute atomic E-state index is 5.47. The number of aryl methyl sites for hydroxylation is 1. The summed E-state index contributed by atoms with van der Waals surface area (Å²) in [6.07, 6.45) is 5.59. The summed E-state index contributed by atoms with van der Waals surface area (Å²) in [4.78, 5) is 8.41. The van der Waals surface area contributed by atoms with Gasteiger partial charge in [0.1, 0.15) is 5.75 Å². The van der Waals surface area contributed by atoms with Crippen molar-refractivity contribution < 1.29 is 4.74 Å². The van der Waals surface area contributed by atoms with Crippen molar-refractivity contribution in [2.75, 3.05) is 14.2 Å². The minimum atomic E-state index is 0.643. The molecule has 2 aromatic carbocycles. The van der Waals surface area contributed by atoms with E-state index in [-0.39, 0.29) is 0 Å². The predicted molar refractivity (Wildman–Crippen MR) is 113 cm³/mol. The highest BCUT2D eigenvalue weighted by atomic mass is 16.5. The van der Waals surface area contributed by atoms with Crippen LogP contribution < -0.4 is 15.4 Å². The van der Waals surface area contributed by atoms with Gasteiger partial charge in [-0.05, 0) is 29.7 Å². The van der Waals surface area contributed by atoms with E-state index in [0.717, 1.165) is 23.8 Å². The molecule has 3 rings (SSSR count). The maximum atomic E-state index is 5.47. The standard InChI is InChI=1S/C22H27N5O/c1-17-7-8-20(21(11-17)28-3)14-26-22(23-2)25-13-18-5-4-6-19(12-18)15-27-10-9-24-16-27/h4-12,16H,13-15H2,1-3H3,(H2,23,25,26). The molecule has 0 spiro atoms. The number of benzene rings is 2. The lowest BCUT2D eigenvalue weighted by atomic mass is 10.1. The highest BCUT2D eigenvalue weighted by molar-refractivity contribution is 5.79. The zero-order valence-electron chi connectivity index (χ0n) is 16.6. The Bertz CT molecular complexity index is 918. The lowest BCUT2D eigenvalue weighted by molar-refractivity contribution is 0.408. The fourth-order valence-electron chi connectivity index (χ4n) is 3.01. The third kappa shape index (κ3) is 5.36. The Kier molecular flexibility index (Phi) is 6.68. The fraction of sp³-hybridized carbons (Fsp3) is 0.273. The second-order valence-corrected chi connectivity index (χ2v) is 6.65. The number of methoxy groups -OCH3 is 1. The van der Waals surface area contributed by atoms with Gasteiger partial charge in [0.2, 0.25) is 0 Å². The molecule has 28 heavy (non-hydrogen) atoms. The third-order valence-corrected chi connectivity index (χ3v) is 4.49. The van der Waals surface area contributed by atoms with Crippen LogP contribution in [-0.4, -0.2) is 29.7 Å². The quantitative estimate of drug-likeness (QED) is 0.491. The first kappa shape index (κ1) is 19.5. The van der Waals surface area contributed by atoms with Gasteiger partial charge in [-0.2, -0.15) is 0 Å². The first-order chi connectivity index (χ1) is 13.7. The van der Waals surface area contributed by atoms with Crippen LogP contribution in [0.4, 0.5) is 0 Å². The second kappa shape index (κ2) is 9.60. The van der Waals surface area contributed by atoms with Gasteiger partial charge >= 0.3 is 0 Å². The number of rotatable bonds is 7. The molecule has 6 heteroatoms. The Morgan fingerprint density at radius 1 is 1.11 bits per heavy atom. The average Bonchev–Trinajstić information content (AvgIpc) is 3.22. The Balaban J connectivity index is 1.56. The van der Waals surface area contributed by atoms with E-state index in [2.05, 4.69) is 68.5 Å². The molecule has 1 heterocycles. The van der Waals surface area contributed by atoms with Gasteiger partial charge in [0.15, 0.2) is 5.96 Å². The van der Waals surface area contributed by atoms with Crippen molar-refractivity contribution in [3.63, 3.8) is 0 Å². The van der Waals surface area contributed by atoms with Crippen LogP contribution in [0.2, 0.25) is 0 Å². The molecule has 3 aromatic rings. The first-order valence-corrected chi connectivity index (χ1v) is 9.29. The molecule has 146 valence electrons. The van der Waals surface area contributed by atoms with Crippen molar-refractivity contribution >= 4 is 5.96 Å². The zero-order valence-corrected chi connectivity index (χ0v) is 16.6. The Morgan fingerprint density at radius 3 is 2.68 bits per heavy atom. The molecule has 6 nitrogen and oxygen atoms in total. The summed E-state index contributed by atoms with van der Waals surface area (Å²) in [5, 5.41) is 6.72. The molecule has 0 atom stereocenters. The second-order valence-electron chi connectivity index (χ2n) is 6.65. The zero-order chi connectivity index (χ0) is 19.8. The number of nitrogens with zero attached hydrogens (tertiary/aromatic N) is 3. The van der Waals surface area contributed by atoms with Crippen molar-refractivity contribution in [3.05, 3.63) is 83.4 Å². The van der Waals surface area contributed by atoms with Crippen molar-refractivity contribution in [1.82, 2.24) is 20.2 Å². The van der Waals surface area contributed by atoms with Gasteiger partial charge in [-0.3, -0.25) is 4.99 Å². The van der Waals surface area contributed by atoms with Gasteiger partial charge in [0.25, 0.3) is 0 Å². The number of guanidine groups is 1. The molecular weight excluding hydrogens is 350 g/mol. The Hall–Kier alpha value is -3.28. The molecule has 0 amide bonds. The predicted octanol–water partition coefficient (Wildman–Crippen LogP) is 3.11. The molecule has 0 bridgehead atoms. The molecule has 0 aliphatic carbocycles. The van der Waals surface area contributed by atoms with E-state index >= 15 is 0 Å². The van der Waals surface area contributed by atoms with Gasteiger partial charge in [-0.1, -0.05) is 36.4 Å². The highest BCUT2D eigenvalue weighted by Crippen LogP contribution is 2.19. The van der Waals surface area contributed by atoms with E-state index in [4.69, 9.17) is 4.74 Å². The van der Waals surface area contributed by atoms with Crippen molar-refractivity contribution in [2.45, 2.75) is 26.6 Å². The third-order valence-electron chi connectivity index (χ3n) is 4.49. The summed E-state index contributed by atoms with van der Waals surface area (Å²) in [5.74, 6) is 1.64. The van der Waals surface area contributed by atoms with Crippen LogP contribution in [-0.2, 0) is 19.6 Å². The van der Waals surface area contributed by atoms with Gasteiger partial charge in [-0.15, -0.1) is 0 Å². The van der Waals surface area contributed by atoms with Crippen LogP contribution >= 0.6 is 0 Å². The SMILES string of the molecule is CN=C(NCc1cccc(Cn2ccnc2)c1)NCc1ccc(C)cc1OC. The van der Waals surface area contributed by atoms with E-state index in [1.807, 2.05) is 18.6 Å². The van der Waals surface area contributed by atoms with Gasteiger partial charge in [0, 0.05) is 44.6 Å². The lowest BCUT2D eigenvalue weighted by Gasteiger charge is -2.14. The molecular formula is C22H27N5O. The van der Waals surface area contributed by atoms with Crippen LogP contribution in [0.25, 0.3) is 0 Å². The fourth-order valence-corrected chi connectivity index (χ4v) is 3.01. The highest BCUT2D eigenvalue weighted by Gasteiger charge is 2.05. The van der Waals surface area contributed by atoms with E-state index in [0.29, 0.717) is 13.1 Å². The molecule has 0 fully saturated rings. The normalized spacial score (nSPS) is 11.3. The van der Waals surface area contributed by atoms with Crippen molar-refractivity contribution in [2.24, 2.45) is 4.99 Å². The lowest BCUT2D eigenvalue weighted by Crippen LogP contribution is -2.36. The Labute approximate surface area is 166 Å². The summed E-state index contributed by atoms with van der Waals surface area (Å²) < 4.78 is 7.53. The molecule has 0 aliphatic rings. The van der Waals surface area contributed by atoms with Gasteiger partial charge in [-0.25, -0.2) is 4.98 Å². The van der Waals surface area contributed by atoms with E-state index < -0.39 is 0 Å². The number of ether oxygens (including phenoxy) is 1. The minimum absolute atomic E-state index is 0.643. The molecule has 0 unspecified atom stereocenters. The van der Waals surface area contributed by atoms with Crippen LogP contribution in [0.15, 0.2) is 66.2 Å². The maximum Gasteiger partial charge on any atom is 0.191 e. The summed E-state index contributed by atoms with van der Waals surface area (Å²) in [6.45, 7) is 4.21. The molecule has 1 aromatic heterocycles. The van der Waals surface area contributed by atoms with Crippen LogP contribution in [0.1, 0.15) is 22.3 Å². The number of aliphatic imine (C=N–C) groups is 1. The number of hydrogen-bond donors (Lipinski definition) is 2. The number of hydrogen-bond acceptors (Lipinski definition) is 3. The molecule has 0 saturated carbocycles. The topological polar surface area (TPSA) is 63.5 Å². The van der Waals surface area contributed by atoms with Crippen LogP contribution in [0, 0.1) is 6.92 Å². The monoisotopic (exact) mass is 377 g/mol. The smallest absolute Gasteiger partial charge is 0.191 e. The summed E-state index contributed by atoms with van der Waals surface area (Å²) in [5.41, 5.74) is 4.72. The Morgan fingerprint density at radius 2 is 1.93 bits per heavy atom. The summed E-state index contributed by atoms with van der Waals surface area (Å²) >= 11 is 0. The van der Waals surface area contributed by atoms with E-state index in [9.17, 15) is 0 Å². The van der Waals surface area contributed by atoms with E-state index in [1.165, 1.54) is 16.7 Å². The molecule has 0 aliphatic heterocycles. The molecule has 2 N–H and O–H groups in total. The summed E-state index contributed by atoms with van der Waals surface area (Å²) in [7, 11) is 3.47. The van der Waals surface area contributed by atoms with Crippen molar-refractivity contribution in [1.29, 1.82) is 0 Å². The molecule has 0 saturated heterocycles. The van der Waals surface area contributed by atoms with E-state index in [1.54, 1.807) is 20.4 Å². The largest absolute Gasteiger partial charge is 0.496 e. The first-order valence-electron chi connectivity index (χ1n) is 9.29. The van der Waals surface area contributed by atoms with Crippen LogP contribution in [0.5, 0.6) is 5.75 Å². The van der Waals surface area contributed by atoms with Gasteiger partial charge in [0.05, 0.1) is 13.4 Å². The summed E-state index contributed by atoms with van der Waals surface area (Å²) in [6, 6.07) is 14.7. The number of aromatic nitrogens is 2. The number of imidazole rings is 1. The van der Waals surface area contributed by atoms with Crippen molar-refractivity contribution in [3.8, 4) is 5.75 Å². The van der Waals surface area contributed by atoms with Gasteiger partial charge < -0.3 is 19.9 Å². The molecule has 0 radical (unpaired) electrons. The number of nitrogens with one attached hydrogen (secondary N) is 2. The minimum Gasteiger partial charge on any atom is -0.496 e. The van der Waals surface area contributed by atoms with Crippen LogP contribution in [0.3, 0.4) is 0 Å². The average molecular weight is 377 g/mol.